The Labute approximate surface area is 221 Å². The summed E-state index contributed by atoms with van der Waals surface area (Å²) in [7, 11) is 0. The fourth-order valence-electron chi connectivity index (χ4n) is 6.43. The van der Waals surface area contributed by atoms with E-state index in [-0.39, 0.29) is 29.7 Å². The van der Waals surface area contributed by atoms with Crippen LogP contribution in [0.25, 0.3) is 11.3 Å². The largest absolute Gasteiger partial charge is 0.507 e. The van der Waals surface area contributed by atoms with Gasteiger partial charge in [0.2, 0.25) is 0 Å². The number of hydrogen-bond acceptors (Lipinski definition) is 9. The number of nitrogens with two attached hydrogens (primary N) is 1. The van der Waals surface area contributed by atoms with Crippen molar-refractivity contribution in [1.29, 1.82) is 0 Å². The number of aliphatic carboxylic acids is 1. The van der Waals surface area contributed by atoms with Gasteiger partial charge in [-0.1, -0.05) is 12.1 Å². The Bertz CT molecular complexity index is 1300. The number of nitrogens with one attached hydrogen (secondary N) is 1. The molecule has 0 spiro atoms. The highest BCUT2D eigenvalue weighted by Crippen LogP contribution is 2.38. The lowest BCUT2D eigenvalue weighted by molar-refractivity contribution is -0.142. The molecule has 3 aromatic rings. The summed E-state index contributed by atoms with van der Waals surface area (Å²) >= 11 is 0. The molecule has 1 saturated carbocycles. The van der Waals surface area contributed by atoms with Crippen LogP contribution in [-0.2, 0) is 4.79 Å². The zero-order valence-electron chi connectivity index (χ0n) is 21.2. The first kappa shape index (κ1) is 24.5. The van der Waals surface area contributed by atoms with E-state index in [9.17, 15) is 15.0 Å². The molecule has 10 nitrogen and oxygen atoms in total. The molecule has 38 heavy (non-hydrogen) atoms. The van der Waals surface area contributed by atoms with Crippen molar-refractivity contribution >= 4 is 17.5 Å². The Hall–Kier alpha value is -3.79. The predicted octanol–water partition coefficient (Wildman–Crippen LogP) is 3.30. The van der Waals surface area contributed by atoms with Gasteiger partial charge in [0.1, 0.15) is 11.6 Å². The second-order valence-electron chi connectivity index (χ2n) is 10.9. The zero-order chi connectivity index (χ0) is 26.2. The molecular formula is C28H33N7O3. The second kappa shape index (κ2) is 10.2. The topological polar surface area (TPSA) is 150 Å². The van der Waals surface area contributed by atoms with Gasteiger partial charge in [-0.3, -0.25) is 4.79 Å². The van der Waals surface area contributed by atoms with Crippen LogP contribution in [0.15, 0.2) is 42.7 Å². The van der Waals surface area contributed by atoms with E-state index in [4.69, 9.17) is 15.7 Å². The average molecular weight is 516 g/mol. The van der Waals surface area contributed by atoms with Crippen molar-refractivity contribution in [1.82, 2.24) is 25.5 Å². The molecular weight excluding hydrogens is 482 g/mol. The maximum Gasteiger partial charge on any atom is 0.306 e. The normalized spacial score (nSPS) is 27.2. The van der Waals surface area contributed by atoms with Gasteiger partial charge in [-0.2, -0.15) is 0 Å². The third-order valence-electron chi connectivity index (χ3n) is 8.42. The quantitative estimate of drug-likeness (QED) is 0.398. The average Bonchev–Trinajstić information content (AvgIpc) is 2.93. The van der Waals surface area contributed by atoms with Crippen LogP contribution in [0, 0.1) is 5.92 Å². The molecule has 6 rings (SSSR count). The van der Waals surface area contributed by atoms with Crippen molar-refractivity contribution in [2.45, 2.75) is 62.4 Å². The molecule has 0 amide bonds. The summed E-state index contributed by atoms with van der Waals surface area (Å²) in [5.74, 6) is 1.19. The van der Waals surface area contributed by atoms with E-state index in [0.717, 1.165) is 68.7 Å². The molecule has 4 heterocycles. The third kappa shape index (κ3) is 4.88. The first-order valence-corrected chi connectivity index (χ1v) is 13.4. The summed E-state index contributed by atoms with van der Waals surface area (Å²) < 4.78 is 0. The smallest absolute Gasteiger partial charge is 0.306 e. The van der Waals surface area contributed by atoms with Crippen molar-refractivity contribution in [2.24, 2.45) is 5.92 Å². The van der Waals surface area contributed by atoms with Gasteiger partial charge in [-0.25, -0.2) is 9.97 Å². The number of fused-ring (bicyclic) bond motifs is 2. The molecule has 2 bridgehead atoms. The minimum atomic E-state index is -0.677. The van der Waals surface area contributed by atoms with Crippen LogP contribution in [0.1, 0.15) is 61.7 Å². The lowest BCUT2D eigenvalue weighted by Gasteiger charge is -2.46. The van der Waals surface area contributed by atoms with E-state index in [1.165, 1.54) is 0 Å². The summed E-state index contributed by atoms with van der Waals surface area (Å²) in [6.07, 6.45) is 8.99. The number of carbonyl (C=O) groups is 1. The number of aromatic hydroxyl groups is 1. The highest BCUT2D eigenvalue weighted by Gasteiger charge is 2.37. The number of carboxylic acids is 1. The zero-order valence-corrected chi connectivity index (χ0v) is 21.2. The lowest BCUT2D eigenvalue weighted by Crippen LogP contribution is -2.60. The highest BCUT2D eigenvalue weighted by molar-refractivity contribution is 5.74. The van der Waals surface area contributed by atoms with Crippen molar-refractivity contribution in [3.63, 3.8) is 0 Å². The predicted molar refractivity (Wildman–Crippen MR) is 143 cm³/mol. The van der Waals surface area contributed by atoms with Gasteiger partial charge in [0.25, 0.3) is 0 Å². The first-order chi connectivity index (χ1) is 18.4. The van der Waals surface area contributed by atoms with Crippen LogP contribution in [0.5, 0.6) is 5.75 Å². The van der Waals surface area contributed by atoms with Crippen LogP contribution in [0.2, 0.25) is 0 Å². The van der Waals surface area contributed by atoms with Crippen LogP contribution in [-0.4, -0.2) is 61.5 Å². The van der Waals surface area contributed by atoms with Crippen molar-refractivity contribution < 1.29 is 15.0 Å². The third-order valence-corrected chi connectivity index (χ3v) is 8.42. The number of hydrogen-bond donors (Lipinski definition) is 4. The van der Waals surface area contributed by atoms with E-state index in [1.807, 2.05) is 30.6 Å². The number of aromatic nitrogens is 4. The maximum atomic E-state index is 11.2. The van der Waals surface area contributed by atoms with E-state index in [0.29, 0.717) is 23.0 Å². The fourth-order valence-corrected chi connectivity index (χ4v) is 6.43. The number of benzene rings is 1. The summed E-state index contributed by atoms with van der Waals surface area (Å²) in [5.41, 5.74) is 9.45. The fraction of sp³-hybridized carbons (Fsp3) is 0.464. The highest BCUT2D eigenvalue weighted by atomic mass is 16.4. The minimum Gasteiger partial charge on any atom is -0.507 e. The standard InChI is InChI=1S/C28H33N7O3/c29-26-24(11-23(33-34-26)22-3-1-2-4-25(22)36)35-14-20-9-18(10-21(15-35)32-20)27-30-12-19(13-31-27)16-5-7-17(8-6-16)28(37)38/h1-4,11-13,16-18,20-21,32,36H,5-10,14-15H2,(H2,29,34)(H,37,38). The molecule has 1 aliphatic carbocycles. The molecule has 2 aliphatic heterocycles. The van der Waals surface area contributed by atoms with Crippen LogP contribution in [0.4, 0.5) is 11.5 Å². The number of piperidine rings is 1. The summed E-state index contributed by atoms with van der Waals surface area (Å²) in [4.78, 5) is 23.1. The Morgan fingerprint density at radius 2 is 1.66 bits per heavy atom. The number of carboxylic acid groups (broad SMARTS) is 1. The molecule has 2 aromatic heterocycles. The summed E-state index contributed by atoms with van der Waals surface area (Å²) in [6, 6.07) is 9.56. The first-order valence-electron chi connectivity index (χ1n) is 13.4. The number of phenols is 1. The summed E-state index contributed by atoms with van der Waals surface area (Å²) in [6.45, 7) is 1.57. The monoisotopic (exact) mass is 515 g/mol. The SMILES string of the molecule is Nc1nnc(-c2ccccc2O)cc1N1CC2CC(c3ncc(C4CCC(C(=O)O)CC4)cn3)CC(C1)N2. The van der Waals surface area contributed by atoms with Gasteiger partial charge < -0.3 is 26.2 Å². The molecule has 198 valence electrons. The number of anilines is 2. The number of nitrogen functional groups attached to an aromatic ring is 1. The van der Waals surface area contributed by atoms with Gasteiger partial charge in [0.05, 0.1) is 17.3 Å². The van der Waals surface area contributed by atoms with Gasteiger partial charge in [-0.15, -0.1) is 10.2 Å². The number of para-hydroxylation sites is 1. The van der Waals surface area contributed by atoms with Crippen molar-refractivity contribution in [2.75, 3.05) is 23.7 Å². The number of phenolic OH excluding ortho intramolecular Hbond substituents is 1. The molecule has 1 aromatic carbocycles. The Morgan fingerprint density at radius 1 is 0.974 bits per heavy atom. The number of nitrogens with zero attached hydrogens (tertiary/aromatic N) is 5. The summed E-state index contributed by atoms with van der Waals surface area (Å²) in [5, 5.41) is 31.7. The Kier molecular flexibility index (Phi) is 6.57. The van der Waals surface area contributed by atoms with Gasteiger partial charge in [0, 0.05) is 49.0 Å². The lowest BCUT2D eigenvalue weighted by atomic mass is 9.79. The van der Waals surface area contributed by atoms with Crippen LogP contribution >= 0.6 is 0 Å². The molecule has 3 aliphatic rings. The van der Waals surface area contributed by atoms with E-state index < -0.39 is 5.97 Å². The molecule has 2 saturated heterocycles. The van der Waals surface area contributed by atoms with Gasteiger partial charge in [-0.05, 0) is 68.2 Å². The van der Waals surface area contributed by atoms with Gasteiger partial charge >= 0.3 is 5.97 Å². The Balaban J connectivity index is 1.12. The molecule has 2 atom stereocenters. The molecule has 3 fully saturated rings. The molecule has 5 N–H and O–H groups in total. The van der Waals surface area contributed by atoms with Crippen molar-refractivity contribution in [3.05, 3.63) is 54.1 Å². The van der Waals surface area contributed by atoms with Crippen LogP contribution < -0.4 is 16.0 Å². The number of piperazine rings is 1. The Morgan fingerprint density at radius 3 is 2.32 bits per heavy atom. The van der Waals surface area contributed by atoms with Crippen LogP contribution in [0.3, 0.4) is 0 Å². The van der Waals surface area contributed by atoms with E-state index in [1.54, 1.807) is 12.1 Å². The number of rotatable bonds is 5. The maximum absolute atomic E-state index is 11.2. The molecule has 0 radical (unpaired) electrons. The van der Waals surface area contributed by atoms with Gasteiger partial charge in [0.15, 0.2) is 5.82 Å². The van der Waals surface area contributed by atoms with Crippen molar-refractivity contribution in [3.8, 4) is 17.0 Å². The second-order valence-corrected chi connectivity index (χ2v) is 10.9. The molecule has 2 unspecified atom stereocenters. The minimum absolute atomic E-state index is 0.163. The van der Waals surface area contributed by atoms with E-state index >= 15 is 0 Å². The van der Waals surface area contributed by atoms with E-state index in [2.05, 4.69) is 20.4 Å². The molecule has 10 heteroatoms.